The maximum Gasteiger partial charge on any atom is 0.331 e. The average Bonchev–Trinajstić information content (AvgIpc) is 3.22. The van der Waals surface area contributed by atoms with E-state index in [-0.39, 0.29) is 18.1 Å². The molecule has 3 rings (SSSR count). The molecule has 4 atom stereocenters. The lowest BCUT2D eigenvalue weighted by molar-refractivity contribution is -0.154. The summed E-state index contributed by atoms with van der Waals surface area (Å²) in [4.78, 5) is 28.1. The van der Waals surface area contributed by atoms with Crippen molar-refractivity contribution in [3.63, 3.8) is 0 Å². The molecule has 158 valence electrons. The van der Waals surface area contributed by atoms with Gasteiger partial charge in [-0.1, -0.05) is 36.5 Å². The van der Waals surface area contributed by atoms with Crippen LogP contribution in [0.4, 0.5) is 0 Å². The molecule has 2 aliphatic rings. The summed E-state index contributed by atoms with van der Waals surface area (Å²) in [6, 6.07) is 1.70. The van der Waals surface area contributed by atoms with E-state index < -0.39 is 36.5 Å². The molecular formula is C21H23N3O6. The van der Waals surface area contributed by atoms with E-state index in [9.17, 15) is 9.59 Å². The van der Waals surface area contributed by atoms with Gasteiger partial charge in [-0.2, -0.15) is 4.98 Å². The monoisotopic (exact) mass is 413 g/mol. The van der Waals surface area contributed by atoms with Crippen LogP contribution in [-0.4, -0.2) is 46.4 Å². The highest BCUT2D eigenvalue weighted by Gasteiger charge is 2.54. The topological polar surface area (TPSA) is 113 Å². The van der Waals surface area contributed by atoms with Gasteiger partial charge in [0.25, 0.3) is 0 Å². The van der Waals surface area contributed by atoms with Crippen molar-refractivity contribution in [2.24, 2.45) is 0 Å². The van der Waals surface area contributed by atoms with Gasteiger partial charge in [-0.05, 0) is 19.9 Å². The van der Waals surface area contributed by atoms with Crippen LogP contribution in [0, 0.1) is 5.41 Å². The molecule has 0 bridgehead atoms. The second-order valence-electron chi connectivity index (χ2n) is 6.45. The third-order valence-electron chi connectivity index (χ3n) is 4.34. The van der Waals surface area contributed by atoms with Crippen molar-refractivity contribution >= 4 is 11.9 Å². The molecule has 0 radical (unpaired) electrons. The minimum atomic E-state index is -0.832. The number of carbonyl (C=O) groups is 2. The Hall–Kier alpha value is -3.46. The quantitative estimate of drug-likeness (QED) is 0.412. The first-order valence-electron chi connectivity index (χ1n) is 9.45. The number of fused-ring (bicyclic) bond motifs is 3. The van der Waals surface area contributed by atoms with E-state index in [1.165, 1.54) is 18.2 Å². The Morgan fingerprint density at radius 2 is 1.87 bits per heavy atom. The number of hydrogen-bond donors (Lipinski definition) is 1. The number of hydrogen-bond acceptors (Lipinski definition) is 8. The zero-order valence-electron chi connectivity index (χ0n) is 16.6. The molecule has 0 unspecified atom stereocenters. The maximum atomic E-state index is 12.2. The normalized spacial score (nSPS) is 25.1. The third-order valence-corrected chi connectivity index (χ3v) is 4.34. The van der Waals surface area contributed by atoms with Gasteiger partial charge in [0.2, 0.25) is 0 Å². The number of esters is 2. The summed E-state index contributed by atoms with van der Waals surface area (Å²) in [7, 11) is 0. The van der Waals surface area contributed by atoms with Crippen LogP contribution >= 0.6 is 0 Å². The smallest absolute Gasteiger partial charge is 0.331 e. The molecule has 0 spiro atoms. The van der Waals surface area contributed by atoms with Crippen molar-refractivity contribution in [2.75, 3.05) is 6.61 Å². The van der Waals surface area contributed by atoms with Gasteiger partial charge in [-0.3, -0.25) is 9.98 Å². The summed E-state index contributed by atoms with van der Waals surface area (Å²) >= 11 is 0. The van der Waals surface area contributed by atoms with Gasteiger partial charge in [-0.25, -0.2) is 9.59 Å². The van der Waals surface area contributed by atoms with Crippen LogP contribution in [0.1, 0.15) is 20.1 Å². The zero-order chi connectivity index (χ0) is 21.5. The molecule has 1 fully saturated rings. The van der Waals surface area contributed by atoms with Crippen LogP contribution in [0.3, 0.4) is 0 Å². The fourth-order valence-electron chi connectivity index (χ4n) is 3.03. The predicted molar refractivity (Wildman–Crippen MR) is 105 cm³/mol. The zero-order valence-corrected chi connectivity index (χ0v) is 16.6. The van der Waals surface area contributed by atoms with Crippen LogP contribution in [0.15, 0.2) is 60.9 Å². The Bertz CT molecular complexity index is 962. The highest BCUT2D eigenvalue weighted by Crippen LogP contribution is 2.40. The molecule has 0 aliphatic carbocycles. The molecule has 0 saturated carbocycles. The van der Waals surface area contributed by atoms with E-state index in [1.807, 2.05) is 13.8 Å². The summed E-state index contributed by atoms with van der Waals surface area (Å²) < 4.78 is 24.2. The van der Waals surface area contributed by atoms with Crippen LogP contribution in [0.25, 0.3) is 0 Å². The Labute approximate surface area is 173 Å². The standard InChI is InChI=1S/C21H23N3O6/c1-3-5-7-9-16(25)27-13-14-18(29-17(26)10-8-6-4-2)19-20(28-14)24-12-11-15(22)23-21(24)30-19/h3-12,14,18-20,22H,13H2,1-2H3/b5-3+,6-4+,9-7+,10-8+,22-15?/t14-,18-,19+,20-/m1/s1. The molecule has 2 aliphatic heterocycles. The van der Waals surface area contributed by atoms with E-state index in [2.05, 4.69) is 4.98 Å². The molecule has 1 N–H and O–H groups in total. The maximum absolute atomic E-state index is 12.2. The molecule has 9 heteroatoms. The van der Waals surface area contributed by atoms with E-state index in [4.69, 9.17) is 24.4 Å². The van der Waals surface area contributed by atoms with E-state index in [1.54, 1.807) is 47.2 Å². The summed E-state index contributed by atoms with van der Waals surface area (Å²) in [5, 5.41) is 7.64. The number of nitrogens with zero attached hydrogens (tertiary/aromatic N) is 2. The lowest BCUT2D eigenvalue weighted by Gasteiger charge is -2.21. The van der Waals surface area contributed by atoms with Gasteiger partial charge in [0.15, 0.2) is 23.9 Å². The predicted octanol–water partition coefficient (Wildman–Crippen LogP) is 1.74. The van der Waals surface area contributed by atoms with Gasteiger partial charge >= 0.3 is 17.9 Å². The molecule has 9 nitrogen and oxygen atoms in total. The van der Waals surface area contributed by atoms with Crippen molar-refractivity contribution in [1.29, 1.82) is 5.41 Å². The third kappa shape index (κ3) is 4.93. The van der Waals surface area contributed by atoms with Crippen molar-refractivity contribution in [3.8, 4) is 6.01 Å². The van der Waals surface area contributed by atoms with Gasteiger partial charge in [0.1, 0.15) is 12.7 Å². The first-order valence-corrected chi connectivity index (χ1v) is 9.45. The number of allylic oxidation sites excluding steroid dienone is 6. The van der Waals surface area contributed by atoms with Crippen LogP contribution in [0.2, 0.25) is 0 Å². The number of aromatic nitrogens is 2. The van der Waals surface area contributed by atoms with Crippen LogP contribution in [0.5, 0.6) is 6.01 Å². The van der Waals surface area contributed by atoms with E-state index in [0.717, 1.165) is 0 Å². The Morgan fingerprint density at radius 1 is 1.17 bits per heavy atom. The van der Waals surface area contributed by atoms with Gasteiger partial charge < -0.3 is 18.9 Å². The summed E-state index contributed by atoms with van der Waals surface area (Å²) in [5.41, 5.74) is 0.0439. The number of rotatable bonds is 7. The lowest BCUT2D eigenvalue weighted by Crippen LogP contribution is -2.39. The number of carbonyl (C=O) groups excluding carboxylic acids is 2. The van der Waals surface area contributed by atoms with E-state index >= 15 is 0 Å². The number of nitrogens with one attached hydrogen (secondary N) is 1. The van der Waals surface area contributed by atoms with Crippen molar-refractivity contribution < 1.29 is 28.5 Å². The molecule has 0 aromatic carbocycles. The summed E-state index contributed by atoms with van der Waals surface area (Å²) in [6.45, 7) is 3.54. The first-order chi connectivity index (χ1) is 14.5. The molecule has 30 heavy (non-hydrogen) atoms. The fraction of sp³-hybridized carbons (Fsp3) is 0.333. The highest BCUT2D eigenvalue weighted by atomic mass is 16.7. The Morgan fingerprint density at radius 3 is 2.57 bits per heavy atom. The summed E-state index contributed by atoms with van der Waals surface area (Å²) in [5.74, 6) is -1.12. The molecule has 0 amide bonds. The minimum Gasteiger partial charge on any atom is -0.460 e. The molecular weight excluding hydrogens is 390 g/mol. The van der Waals surface area contributed by atoms with Gasteiger partial charge in [0, 0.05) is 18.3 Å². The molecule has 1 saturated heterocycles. The first kappa shape index (κ1) is 21.3. The number of ether oxygens (including phenoxy) is 4. The van der Waals surface area contributed by atoms with Gasteiger partial charge in [0.05, 0.1) is 0 Å². The van der Waals surface area contributed by atoms with Gasteiger partial charge in [-0.15, -0.1) is 0 Å². The van der Waals surface area contributed by atoms with Crippen molar-refractivity contribution in [2.45, 2.75) is 38.4 Å². The largest absolute Gasteiger partial charge is 0.460 e. The second-order valence-corrected chi connectivity index (χ2v) is 6.45. The van der Waals surface area contributed by atoms with Crippen LogP contribution in [-0.2, 0) is 23.8 Å². The van der Waals surface area contributed by atoms with E-state index in [0.29, 0.717) is 0 Å². The van der Waals surface area contributed by atoms with Crippen molar-refractivity contribution in [3.05, 3.63) is 66.4 Å². The lowest BCUT2D eigenvalue weighted by atomic mass is 10.1. The molecule has 1 aromatic rings. The average molecular weight is 413 g/mol. The fourth-order valence-corrected chi connectivity index (χ4v) is 3.03. The highest BCUT2D eigenvalue weighted by molar-refractivity contribution is 5.83. The second kappa shape index (κ2) is 9.84. The summed E-state index contributed by atoms with van der Waals surface area (Å²) in [6.07, 6.45) is 11.4. The SMILES string of the molecule is C/C=C/C=C/C(=O)OC[C@H]1O[C@@H]2[C@@H](Oc3nc(=N)ccn32)[C@@H]1OC(=O)/C=C/C=C/C. The Kier molecular flexibility index (Phi) is 6.97. The minimum absolute atomic E-state index is 0.0439. The van der Waals surface area contributed by atoms with Crippen LogP contribution < -0.4 is 10.2 Å². The Balaban J connectivity index is 1.74. The molecule has 1 aromatic heterocycles. The van der Waals surface area contributed by atoms with Crippen molar-refractivity contribution in [1.82, 2.24) is 9.55 Å². The molecule has 3 heterocycles.